The number of amides is 3. The highest BCUT2D eigenvalue weighted by molar-refractivity contribution is 8.18. The normalized spacial score (nSPS) is 15.4. The number of carbonyl (C=O) groups excluding carboxylic acids is 3. The van der Waals surface area contributed by atoms with Crippen molar-refractivity contribution in [2.75, 3.05) is 11.9 Å². The zero-order chi connectivity index (χ0) is 20.4. The van der Waals surface area contributed by atoms with Crippen LogP contribution in [-0.4, -0.2) is 38.7 Å². The smallest absolute Gasteiger partial charge is 0.294 e. The third-order valence-corrected chi connectivity index (χ3v) is 5.24. The van der Waals surface area contributed by atoms with E-state index in [2.05, 4.69) is 5.32 Å². The number of hydrogen-bond donors (Lipinski definition) is 3. The molecule has 2 aromatic rings. The Balaban J connectivity index is 1.70. The molecule has 0 aliphatic carbocycles. The van der Waals surface area contributed by atoms with E-state index in [1.165, 1.54) is 24.3 Å². The molecule has 3 rings (SSSR count). The fraction of sp³-hybridized carbons (Fsp3) is 0.105. The standard InChI is InChI=1S/C19H15ClN2O5S/c1-10-2-4-12(8-13(10)20)21-17(25)9-22-18(26)16(28-19(22)27)7-11-3-5-14(23)15(24)6-11/h2-8,23-24H,9H2,1H3,(H,21,25). The summed E-state index contributed by atoms with van der Waals surface area (Å²) in [5, 5.41) is 21.4. The summed E-state index contributed by atoms with van der Waals surface area (Å²) in [7, 11) is 0. The highest BCUT2D eigenvalue weighted by Crippen LogP contribution is 2.33. The summed E-state index contributed by atoms with van der Waals surface area (Å²) in [6, 6.07) is 9.01. The van der Waals surface area contributed by atoms with Gasteiger partial charge in [-0.25, -0.2) is 0 Å². The minimum atomic E-state index is -0.611. The number of rotatable bonds is 4. The van der Waals surface area contributed by atoms with E-state index in [4.69, 9.17) is 11.6 Å². The van der Waals surface area contributed by atoms with Crippen molar-refractivity contribution in [2.45, 2.75) is 6.92 Å². The Morgan fingerprint density at radius 3 is 2.61 bits per heavy atom. The molecule has 3 N–H and O–H groups in total. The molecular formula is C19H15ClN2O5S. The molecular weight excluding hydrogens is 404 g/mol. The summed E-state index contributed by atoms with van der Waals surface area (Å²) in [5.74, 6) is -1.78. The van der Waals surface area contributed by atoms with Gasteiger partial charge in [0, 0.05) is 10.7 Å². The van der Waals surface area contributed by atoms with Crippen LogP contribution in [0.3, 0.4) is 0 Å². The zero-order valence-electron chi connectivity index (χ0n) is 14.6. The Bertz CT molecular complexity index is 1020. The summed E-state index contributed by atoms with van der Waals surface area (Å²) in [5.41, 5.74) is 1.75. The molecule has 0 aromatic heterocycles. The summed E-state index contributed by atoms with van der Waals surface area (Å²) in [6.07, 6.45) is 1.40. The molecule has 1 saturated heterocycles. The predicted octanol–water partition coefficient (Wildman–Crippen LogP) is 3.73. The van der Waals surface area contributed by atoms with Crippen molar-refractivity contribution in [3.8, 4) is 11.5 Å². The fourth-order valence-corrected chi connectivity index (χ4v) is 3.45. The minimum absolute atomic E-state index is 0.112. The Kier molecular flexibility index (Phi) is 5.62. The van der Waals surface area contributed by atoms with Crippen molar-refractivity contribution in [1.29, 1.82) is 0 Å². The highest BCUT2D eigenvalue weighted by Gasteiger charge is 2.36. The fourth-order valence-electron chi connectivity index (χ4n) is 2.43. The number of aryl methyl sites for hydroxylation is 1. The highest BCUT2D eigenvalue weighted by atomic mass is 35.5. The molecule has 0 radical (unpaired) electrons. The molecule has 144 valence electrons. The number of aromatic hydroxyl groups is 2. The molecule has 3 amide bonds. The Morgan fingerprint density at radius 2 is 1.93 bits per heavy atom. The number of nitrogens with zero attached hydrogens (tertiary/aromatic N) is 1. The zero-order valence-corrected chi connectivity index (χ0v) is 16.2. The minimum Gasteiger partial charge on any atom is -0.504 e. The van der Waals surface area contributed by atoms with E-state index < -0.39 is 23.6 Å². The number of hydrogen-bond acceptors (Lipinski definition) is 6. The summed E-state index contributed by atoms with van der Waals surface area (Å²) >= 11 is 6.71. The maximum atomic E-state index is 12.5. The lowest BCUT2D eigenvalue weighted by atomic mass is 10.2. The van der Waals surface area contributed by atoms with Crippen LogP contribution >= 0.6 is 23.4 Å². The lowest BCUT2D eigenvalue weighted by molar-refractivity contribution is -0.127. The monoisotopic (exact) mass is 418 g/mol. The number of phenols is 2. The van der Waals surface area contributed by atoms with Gasteiger partial charge in [-0.2, -0.15) is 0 Å². The van der Waals surface area contributed by atoms with Crippen molar-refractivity contribution >= 4 is 52.2 Å². The van der Waals surface area contributed by atoms with Crippen LogP contribution in [0.1, 0.15) is 11.1 Å². The number of imide groups is 1. The molecule has 0 spiro atoms. The van der Waals surface area contributed by atoms with Crippen LogP contribution in [0.25, 0.3) is 6.08 Å². The van der Waals surface area contributed by atoms with Crippen molar-refractivity contribution in [3.05, 3.63) is 57.5 Å². The summed E-state index contributed by atoms with van der Waals surface area (Å²) in [6.45, 7) is 1.39. The van der Waals surface area contributed by atoms with Gasteiger partial charge in [-0.3, -0.25) is 19.3 Å². The maximum Gasteiger partial charge on any atom is 0.294 e. The van der Waals surface area contributed by atoms with Crippen molar-refractivity contribution < 1.29 is 24.6 Å². The van der Waals surface area contributed by atoms with Crippen LogP contribution < -0.4 is 5.32 Å². The number of carbonyl (C=O) groups is 3. The number of halogens is 1. The average Bonchev–Trinajstić information content (AvgIpc) is 2.89. The van der Waals surface area contributed by atoms with Gasteiger partial charge in [0.1, 0.15) is 6.54 Å². The molecule has 1 aliphatic heterocycles. The molecule has 9 heteroatoms. The first kappa shape index (κ1) is 19.8. The predicted molar refractivity (Wildman–Crippen MR) is 107 cm³/mol. The van der Waals surface area contributed by atoms with Gasteiger partial charge in [-0.1, -0.05) is 23.7 Å². The van der Waals surface area contributed by atoms with Gasteiger partial charge in [0.25, 0.3) is 11.1 Å². The van der Waals surface area contributed by atoms with E-state index >= 15 is 0 Å². The molecule has 0 saturated carbocycles. The maximum absolute atomic E-state index is 12.5. The molecule has 1 fully saturated rings. The molecule has 0 unspecified atom stereocenters. The Morgan fingerprint density at radius 1 is 1.18 bits per heavy atom. The van der Waals surface area contributed by atoms with Gasteiger partial charge in [-0.15, -0.1) is 0 Å². The number of phenolic OH excluding ortho intramolecular Hbond substituents is 2. The van der Waals surface area contributed by atoms with E-state index in [0.717, 1.165) is 10.5 Å². The SMILES string of the molecule is Cc1ccc(NC(=O)CN2C(=O)SC(=Cc3ccc(O)c(O)c3)C2=O)cc1Cl. The molecule has 7 nitrogen and oxygen atoms in total. The first-order valence-corrected chi connectivity index (χ1v) is 9.27. The van der Waals surface area contributed by atoms with Gasteiger partial charge < -0.3 is 15.5 Å². The molecule has 2 aromatic carbocycles. The van der Waals surface area contributed by atoms with E-state index in [-0.39, 0.29) is 16.4 Å². The molecule has 28 heavy (non-hydrogen) atoms. The third kappa shape index (κ3) is 4.29. The van der Waals surface area contributed by atoms with Crippen LogP contribution in [-0.2, 0) is 9.59 Å². The summed E-state index contributed by atoms with van der Waals surface area (Å²) < 4.78 is 0. The van der Waals surface area contributed by atoms with Crippen molar-refractivity contribution in [3.63, 3.8) is 0 Å². The van der Waals surface area contributed by atoms with Gasteiger partial charge in [0.05, 0.1) is 4.91 Å². The quantitative estimate of drug-likeness (QED) is 0.516. The topological polar surface area (TPSA) is 107 Å². The molecule has 0 bridgehead atoms. The lowest BCUT2D eigenvalue weighted by Gasteiger charge is -2.13. The number of nitrogens with one attached hydrogen (secondary N) is 1. The average molecular weight is 419 g/mol. The van der Waals surface area contributed by atoms with E-state index in [1.54, 1.807) is 18.2 Å². The van der Waals surface area contributed by atoms with Gasteiger partial charge in [0.2, 0.25) is 5.91 Å². The van der Waals surface area contributed by atoms with Crippen LogP contribution in [0.15, 0.2) is 41.3 Å². The number of benzene rings is 2. The van der Waals surface area contributed by atoms with Gasteiger partial charge in [0.15, 0.2) is 11.5 Å². The first-order chi connectivity index (χ1) is 13.2. The van der Waals surface area contributed by atoms with E-state index in [0.29, 0.717) is 28.0 Å². The first-order valence-electron chi connectivity index (χ1n) is 8.08. The molecule has 0 atom stereocenters. The molecule has 1 aliphatic rings. The second-order valence-corrected chi connectivity index (χ2v) is 7.43. The number of thioether (sulfide) groups is 1. The Hall–Kier alpha value is -2.97. The van der Waals surface area contributed by atoms with Gasteiger partial charge >= 0.3 is 0 Å². The number of anilines is 1. The third-order valence-electron chi connectivity index (χ3n) is 3.93. The van der Waals surface area contributed by atoms with Crippen molar-refractivity contribution in [1.82, 2.24) is 4.90 Å². The lowest BCUT2D eigenvalue weighted by Crippen LogP contribution is -2.36. The summed E-state index contributed by atoms with van der Waals surface area (Å²) in [4.78, 5) is 37.8. The van der Waals surface area contributed by atoms with Gasteiger partial charge in [-0.05, 0) is 60.2 Å². The second kappa shape index (κ2) is 7.95. The second-order valence-electron chi connectivity index (χ2n) is 6.03. The van der Waals surface area contributed by atoms with E-state index in [9.17, 15) is 24.6 Å². The molecule has 1 heterocycles. The largest absolute Gasteiger partial charge is 0.504 e. The van der Waals surface area contributed by atoms with Crippen LogP contribution in [0, 0.1) is 6.92 Å². The Labute approximate surface area is 169 Å². The van der Waals surface area contributed by atoms with Crippen LogP contribution in [0.2, 0.25) is 5.02 Å². The van der Waals surface area contributed by atoms with Crippen molar-refractivity contribution in [2.24, 2.45) is 0 Å². The van der Waals surface area contributed by atoms with E-state index in [1.807, 2.05) is 6.92 Å². The van der Waals surface area contributed by atoms with Crippen LogP contribution in [0.5, 0.6) is 11.5 Å². The van der Waals surface area contributed by atoms with Crippen LogP contribution in [0.4, 0.5) is 10.5 Å².